The molecule has 1 aliphatic heterocycles. The zero-order chi connectivity index (χ0) is 22.0. The molecule has 5 heteroatoms. The smallest absolute Gasteiger partial charge is 0.335 e. The van der Waals surface area contributed by atoms with Crippen molar-refractivity contribution in [1.82, 2.24) is 0 Å². The monoisotopic (exact) mass is 430 g/mol. The van der Waals surface area contributed by atoms with Gasteiger partial charge in [0.25, 0.3) is 0 Å². The summed E-state index contributed by atoms with van der Waals surface area (Å²) in [5.74, 6) is 1.74. The van der Waals surface area contributed by atoms with Crippen molar-refractivity contribution in [1.29, 1.82) is 0 Å². The Morgan fingerprint density at radius 3 is 2.84 bits per heavy atom. The molecule has 172 valence electrons. The lowest BCUT2D eigenvalue weighted by Gasteiger charge is -2.48. The highest BCUT2D eigenvalue weighted by Crippen LogP contribution is 2.46. The highest BCUT2D eigenvalue weighted by molar-refractivity contribution is 5.88. The minimum absolute atomic E-state index is 0.0732. The number of aliphatic hydroxyl groups excluding tert-OH is 1. The van der Waals surface area contributed by atoms with Gasteiger partial charge < -0.3 is 19.7 Å². The van der Waals surface area contributed by atoms with Crippen LogP contribution in [0.5, 0.6) is 0 Å². The summed E-state index contributed by atoms with van der Waals surface area (Å²) in [6, 6.07) is 5.41. The maximum atomic E-state index is 11.2. The summed E-state index contributed by atoms with van der Waals surface area (Å²) >= 11 is 0. The SMILES string of the molecule is CC(O)CC[C@H]1CCC[C@@H]2C1CO[C@H](CCOC1CCc3cc(C(=O)O)ccc31)[C@@H]2C. The van der Waals surface area contributed by atoms with Gasteiger partial charge in [0, 0.05) is 6.61 Å². The first-order valence-electron chi connectivity index (χ1n) is 12.2. The molecule has 0 spiro atoms. The van der Waals surface area contributed by atoms with Crippen LogP contribution in [0.25, 0.3) is 0 Å². The Morgan fingerprint density at radius 2 is 2.06 bits per heavy atom. The van der Waals surface area contributed by atoms with Gasteiger partial charge >= 0.3 is 5.97 Å². The van der Waals surface area contributed by atoms with Crippen LogP contribution < -0.4 is 0 Å². The van der Waals surface area contributed by atoms with Crippen molar-refractivity contribution >= 4 is 5.97 Å². The number of aromatic carboxylic acids is 1. The largest absolute Gasteiger partial charge is 0.478 e. The molecule has 1 saturated carbocycles. The predicted molar refractivity (Wildman–Crippen MR) is 119 cm³/mol. The molecule has 1 saturated heterocycles. The van der Waals surface area contributed by atoms with E-state index in [0.29, 0.717) is 29.9 Å². The lowest BCUT2D eigenvalue weighted by atomic mass is 9.64. The second-order valence-electron chi connectivity index (χ2n) is 10.1. The number of carbonyl (C=O) groups is 1. The molecule has 7 atom stereocenters. The predicted octanol–water partition coefficient (Wildman–Crippen LogP) is 5.01. The molecule has 0 radical (unpaired) electrons. The van der Waals surface area contributed by atoms with Gasteiger partial charge in [-0.15, -0.1) is 0 Å². The van der Waals surface area contributed by atoms with Gasteiger partial charge in [-0.2, -0.15) is 0 Å². The zero-order valence-electron chi connectivity index (χ0n) is 19.0. The van der Waals surface area contributed by atoms with Gasteiger partial charge in [0.15, 0.2) is 0 Å². The number of carboxylic acid groups (broad SMARTS) is 1. The summed E-state index contributed by atoms with van der Waals surface area (Å²) in [5.41, 5.74) is 2.62. The number of aryl methyl sites for hydroxylation is 1. The topological polar surface area (TPSA) is 76.0 Å². The maximum absolute atomic E-state index is 11.2. The Morgan fingerprint density at radius 1 is 1.23 bits per heavy atom. The summed E-state index contributed by atoms with van der Waals surface area (Å²) in [6.07, 6.45) is 8.76. The van der Waals surface area contributed by atoms with Crippen LogP contribution in [0, 0.1) is 23.7 Å². The van der Waals surface area contributed by atoms with Crippen molar-refractivity contribution in [3.63, 3.8) is 0 Å². The summed E-state index contributed by atoms with van der Waals surface area (Å²) in [6.45, 7) is 5.79. The fourth-order valence-corrected chi connectivity index (χ4v) is 6.34. The van der Waals surface area contributed by atoms with E-state index in [0.717, 1.165) is 55.8 Å². The highest BCUT2D eigenvalue weighted by atomic mass is 16.5. The van der Waals surface area contributed by atoms with E-state index in [4.69, 9.17) is 9.47 Å². The van der Waals surface area contributed by atoms with Crippen LogP contribution in [0.15, 0.2) is 18.2 Å². The molecule has 2 fully saturated rings. The summed E-state index contributed by atoms with van der Waals surface area (Å²) in [5, 5.41) is 18.9. The van der Waals surface area contributed by atoms with Crippen LogP contribution in [0.3, 0.4) is 0 Å². The van der Waals surface area contributed by atoms with Crippen LogP contribution in [0.4, 0.5) is 0 Å². The van der Waals surface area contributed by atoms with E-state index in [1.807, 2.05) is 13.0 Å². The number of ether oxygens (including phenoxy) is 2. The minimum atomic E-state index is -0.871. The second-order valence-corrected chi connectivity index (χ2v) is 10.1. The van der Waals surface area contributed by atoms with E-state index >= 15 is 0 Å². The first kappa shape index (κ1) is 22.8. The number of aliphatic hydroxyl groups is 1. The molecule has 3 unspecified atom stereocenters. The highest BCUT2D eigenvalue weighted by Gasteiger charge is 2.42. The van der Waals surface area contributed by atoms with Crippen molar-refractivity contribution in [3.05, 3.63) is 34.9 Å². The number of benzene rings is 1. The fraction of sp³-hybridized carbons (Fsp3) is 0.731. The molecule has 0 bridgehead atoms. The molecule has 3 aliphatic rings. The van der Waals surface area contributed by atoms with Crippen LogP contribution in [0.2, 0.25) is 0 Å². The van der Waals surface area contributed by atoms with Crippen molar-refractivity contribution in [2.75, 3.05) is 13.2 Å². The average molecular weight is 431 g/mol. The van der Waals surface area contributed by atoms with Crippen LogP contribution in [-0.4, -0.2) is 41.6 Å². The van der Waals surface area contributed by atoms with E-state index in [9.17, 15) is 15.0 Å². The molecule has 5 nitrogen and oxygen atoms in total. The normalized spacial score (nSPS) is 33.5. The lowest BCUT2D eigenvalue weighted by molar-refractivity contribution is -0.127. The van der Waals surface area contributed by atoms with E-state index in [-0.39, 0.29) is 18.3 Å². The fourth-order valence-electron chi connectivity index (χ4n) is 6.34. The third-order valence-electron chi connectivity index (χ3n) is 8.12. The van der Waals surface area contributed by atoms with E-state index < -0.39 is 5.97 Å². The average Bonchev–Trinajstić information content (AvgIpc) is 3.16. The molecule has 31 heavy (non-hydrogen) atoms. The Balaban J connectivity index is 1.28. The van der Waals surface area contributed by atoms with Crippen LogP contribution >= 0.6 is 0 Å². The van der Waals surface area contributed by atoms with Crippen LogP contribution in [0.1, 0.15) is 86.4 Å². The molecule has 4 rings (SSSR count). The number of hydrogen-bond acceptors (Lipinski definition) is 4. The first-order chi connectivity index (χ1) is 14.9. The number of fused-ring (bicyclic) bond motifs is 2. The van der Waals surface area contributed by atoms with E-state index in [1.54, 1.807) is 12.1 Å². The molecule has 2 N–H and O–H groups in total. The summed E-state index contributed by atoms with van der Waals surface area (Å²) in [7, 11) is 0. The maximum Gasteiger partial charge on any atom is 0.335 e. The Hall–Kier alpha value is -1.43. The van der Waals surface area contributed by atoms with Crippen LogP contribution in [-0.2, 0) is 15.9 Å². The number of carboxylic acids is 1. The number of rotatable bonds is 8. The third kappa shape index (κ3) is 5.15. The van der Waals surface area contributed by atoms with Crippen molar-refractivity contribution < 1.29 is 24.5 Å². The second kappa shape index (κ2) is 10.0. The third-order valence-corrected chi connectivity index (χ3v) is 8.12. The molecule has 0 aromatic heterocycles. The standard InChI is InChI=1S/C26H38O5/c1-16(27)6-7-18-4-3-5-21-17(2)24(31-15-23(18)21)12-13-30-25-11-9-19-14-20(26(28)29)8-10-22(19)25/h8,10,14,16-18,21,23-25,27H,3-7,9,11-13,15H2,1-2H3,(H,28,29)/t16?,17-,18-,21+,23?,24-,25?/m1/s1. The zero-order valence-corrected chi connectivity index (χ0v) is 19.0. The van der Waals surface area contributed by atoms with E-state index in [1.165, 1.54) is 19.3 Å². The van der Waals surface area contributed by atoms with Gasteiger partial charge in [-0.3, -0.25) is 0 Å². The molecule has 1 aromatic rings. The van der Waals surface area contributed by atoms with Gasteiger partial charge in [0.2, 0.25) is 0 Å². The summed E-state index contributed by atoms with van der Waals surface area (Å²) in [4.78, 5) is 11.2. The van der Waals surface area contributed by atoms with Crippen molar-refractivity contribution in [2.24, 2.45) is 23.7 Å². The molecular formula is C26H38O5. The van der Waals surface area contributed by atoms with Crippen molar-refractivity contribution in [3.8, 4) is 0 Å². The number of hydrogen-bond donors (Lipinski definition) is 2. The Bertz CT molecular complexity index is 760. The van der Waals surface area contributed by atoms with E-state index in [2.05, 4.69) is 6.92 Å². The van der Waals surface area contributed by atoms with Gasteiger partial charge in [-0.05, 0) is 92.4 Å². The van der Waals surface area contributed by atoms with Gasteiger partial charge in [-0.25, -0.2) is 4.79 Å². The quantitative estimate of drug-likeness (QED) is 0.606. The molecule has 1 aromatic carbocycles. The summed E-state index contributed by atoms with van der Waals surface area (Å²) < 4.78 is 12.6. The Labute approximate surface area is 186 Å². The van der Waals surface area contributed by atoms with Crippen molar-refractivity contribution in [2.45, 2.75) is 83.5 Å². The molecule has 0 amide bonds. The van der Waals surface area contributed by atoms with Gasteiger partial charge in [-0.1, -0.05) is 25.8 Å². The minimum Gasteiger partial charge on any atom is -0.478 e. The molecule has 2 aliphatic carbocycles. The van der Waals surface area contributed by atoms with Gasteiger partial charge in [0.1, 0.15) is 0 Å². The van der Waals surface area contributed by atoms with Gasteiger partial charge in [0.05, 0.1) is 30.5 Å². The Kier molecular flexibility index (Phi) is 7.35. The molecule has 1 heterocycles. The molecular weight excluding hydrogens is 392 g/mol. The lowest BCUT2D eigenvalue weighted by Crippen LogP contribution is -2.46. The first-order valence-corrected chi connectivity index (χ1v) is 12.2.